The molecule has 1 aliphatic rings. The maximum absolute atomic E-state index is 2.75. The summed E-state index contributed by atoms with van der Waals surface area (Å²) in [5.74, 6) is 1.13. The molecule has 1 fully saturated rings. The van der Waals surface area contributed by atoms with E-state index in [4.69, 9.17) is 0 Å². The summed E-state index contributed by atoms with van der Waals surface area (Å²) >= 11 is 0. The van der Waals surface area contributed by atoms with Crippen LogP contribution in [0.5, 0.6) is 0 Å². The lowest BCUT2D eigenvalue weighted by molar-refractivity contribution is 0.799. The van der Waals surface area contributed by atoms with E-state index in [1.165, 1.54) is 19.3 Å². The molecule has 0 atom stereocenters. The minimum absolute atomic E-state index is 1.13. The van der Waals surface area contributed by atoms with Gasteiger partial charge in [0, 0.05) is 0 Å². The summed E-state index contributed by atoms with van der Waals surface area (Å²) in [5, 5.41) is 2.75. The summed E-state index contributed by atoms with van der Waals surface area (Å²) in [4.78, 5) is 0. The fraction of sp³-hybridized carbons (Fsp3) is 1.00. The molecule has 1 N–H and O–H groups in total. The molecular formula is C7H17N. The van der Waals surface area contributed by atoms with Gasteiger partial charge < -0.3 is 5.32 Å². The Morgan fingerprint density at radius 3 is 1.75 bits per heavy atom. The van der Waals surface area contributed by atoms with Gasteiger partial charge in [0.05, 0.1) is 0 Å². The highest BCUT2D eigenvalue weighted by molar-refractivity contribution is 4.69. The molecule has 50 valence electrons. The molecule has 0 aromatic rings. The summed E-state index contributed by atoms with van der Waals surface area (Å²) in [6.07, 6.45) is 4.44. The molecule has 0 amide bonds. The highest BCUT2D eigenvalue weighted by Gasteiger charge is 2.17. The molecule has 0 aromatic carbocycles. The Morgan fingerprint density at radius 2 is 1.75 bits per heavy atom. The largest absolute Gasteiger partial charge is 0.323 e. The van der Waals surface area contributed by atoms with Crippen LogP contribution in [0, 0.1) is 5.92 Å². The molecule has 0 radical (unpaired) electrons. The lowest BCUT2D eigenvalue weighted by Gasteiger charge is -1.72. The van der Waals surface area contributed by atoms with E-state index in [0.717, 1.165) is 5.92 Å². The van der Waals surface area contributed by atoms with Crippen molar-refractivity contribution >= 4 is 0 Å². The zero-order chi connectivity index (χ0) is 6.41. The molecule has 0 aromatic heterocycles. The zero-order valence-electron chi connectivity index (χ0n) is 6.20. The molecule has 0 bridgehead atoms. The second-order valence-corrected chi connectivity index (χ2v) is 2.35. The van der Waals surface area contributed by atoms with Crippen molar-refractivity contribution in [3.63, 3.8) is 0 Å². The minimum Gasteiger partial charge on any atom is -0.323 e. The van der Waals surface area contributed by atoms with Gasteiger partial charge >= 0.3 is 0 Å². The Kier molecular flexibility index (Phi) is 5.08. The van der Waals surface area contributed by atoms with Crippen LogP contribution in [-0.4, -0.2) is 14.1 Å². The minimum atomic E-state index is 1.13. The smallest absolute Gasteiger partial charge is 0.0167 e. The van der Waals surface area contributed by atoms with Gasteiger partial charge in [-0.25, -0.2) is 0 Å². The van der Waals surface area contributed by atoms with Crippen molar-refractivity contribution in [1.29, 1.82) is 0 Å². The van der Waals surface area contributed by atoms with Crippen LogP contribution in [0.1, 0.15) is 26.2 Å². The van der Waals surface area contributed by atoms with Crippen molar-refractivity contribution in [3.8, 4) is 0 Å². The van der Waals surface area contributed by atoms with Gasteiger partial charge in [0.25, 0.3) is 0 Å². The number of rotatable bonds is 1. The fourth-order valence-corrected chi connectivity index (χ4v) is 0.526. The highest BCUT2D eigenvalue weighted by Crippen LogP contribution is 2.31. The highest BCUT2D eigenvalue weighted by atomic mass is 14.7. The first kappa shape index (κ1) is 7.96. The van der Waals surface area contributed by atoms with Crippen LogP contribution in [0.2, 0.25) is 0 Å². The lowest BCUT2D eigenvalue weighted by Crippen LogP contribution is -1.89. The molecule has 1 nitrogen and oxygen atoms in total. The molecule has 0 spiro atoms. The Hall–Kier alpha value is -0.0400. The maximum atomic E-state index is 2.75. The van der Waals surface area contributed by atoms with Gasteiger partial charge in [-0.15, -0.1) is 0 Å². The Morgan fingerprint density at radius 1 is 1.38 bits per heavy atom. The summed E-state index contributed by atoms with van der Waals surface area (Å²) in [7, 11) is 3.75. The van der Waals surface area contributed by atoms with Gasteiger partial charge in [-0.2, -0.15) is 0 Å². The second-order valence-electron chi connectivity index (χ2n) is 2.35. The number of hydrogen-bond donors (Lipinski definition) is 1. The summed E-state index contributed by atoms with van der Waals surface area (Å²) in [6.45, 7) is 2.26. The van der Waals surface area contributed by atoms with Crippen molar-refractivity contribution in [2.45, 2.75) is 26.2 Å². The standard InChI is InChI=1S/C5H10.C2H7N/c1-2-5-3-4-5;1-3-2/h5H,2-4H2,1H3;3H,1-2H3. The quantitative estimate of drug-likeness (QED) is 0.548. The Bertz CT molecular complexity index is 39.7. The summed E-state index contributed by atoms with van der Waals surface area (Å²) in [6, 6.07) is 0. The predicted octanol–water partition coefficient (Wildman–Crippen LogP) is 1.64. The Balaban J connectivity index is 0.000000145. The van der Waals surface area contributed by atoms with Gasteiger partial charge in [-0.1, -0.05) is 26.2 Å². The van der Waals surface area contributed by atoms with E-state index in [9.17, 15) is 0 Å². The van der Waals surface area contributed by atoms with E-state index in [0.29, 0.717) is 0 Å². The third-order valence-corrected chi connectivity index (χ3v) is 1.27. The predicted molar refractivity (Wildman–Crippen MR) is 38.0 cm³/mol. The topological polar surface area (TPSA) is 12.0 Å². The summed E-state index contributed by atoms with van der Waals surface area (Å²) < 4.78 is 0. The number of nitrogens with one attached hydrogen (secondary N) is 1. The van der Waals surface area contributed by atoms with Crippen LogP contribution < -0.4 is 5.32 Å². The van der Waals surface area contributed by atoms with Crippen LogP contribution in [0.3, 0.4) is 0 Å². The lowest BCUT2D eigenvalue weighted by atomic mass is 10.3. The van der Waals surface area contributed by atoms with Crippen LogP contribution in [0.4, 0.5) is 0 Å². The van der Waals surface area contributed by atoms with Crippen molar-refractivity contribution in [2.75, 3.05) is 14.1 Å². The third kappa shape index (κ3) is 5.96. The van der Waals surface area contributed by atoms with Crippen LogP contribution in [-0.2, 0) is 0 Å². The SMILES string of the molecule is CCC1CC1.CNC. The van der Waals surface area contributed by atoms with Gasteiger partial charge in [0.2, 0.25) is 0 Å². The molecule has 0 saturated heterocycles. The van der Waals surface area contributed by atoms with E-state index in [1.807, 2.05) is 14.1 Å². The third-order valence-electron chi connectivity index (χ3n) is 1.27. The molecule has 1 saturated carbocycles. The van der Waals surface area contributed by atoms with E-state index in [1.54, 1.807) is 0 Å². The molecule has 1 rings (SSSR count). The molecule has 1 heteroatoms. The van der Waals surface area contributed by atoms with Gasteiger partial charge in [0.15, 0.2) is 0 Å². The van der Waals surface area contributed by atoms with Gasteiger partial charge in [-0.05, 0) is 20.0 Å². The number of hydrogen-bond acceptors (Lipinski definition) is 1. The molecule has 0 aliphatic heterocycles. The molecular weight excluding hydrogens is 98.1 g/mol. The van der Waals surface area contributed by atoms with Crippen LogP contribution in [0.25, 0.3) is 0 Å². The molecule has 1 aliphatic carbocycles. The second kappa shape index (κ2) is 5.10. The fourth-order valence-electron chi connectivity index (χ4n) is 0.526. The maximum Gasteiger partial charge on any atom is -0.0167 e. The average Bonchev–Trinajstić information content (AvgIpc) is 2.48. The van der Waals surface area contributed by atoms with Gasteiger partial charge in [0.1, 0.15) is 0 Å². The van der Waals surface area contributed by atoms with Crippen molar-refractivity contribution in [1.82, 2.24) is 5.32 Å². The normalized spacial score (nSPS) is 16.9. The molecule has 8 heavy (non-hydrogen) atoms. The van der Waals surface area contributed by atoms with Crippen LogP contribution >= 0.6 is 0 Å². The molecule has 0 heterocycles. The van der Waals surface area contributed by atoms with Crippen molar-refractivity contribution in [3.05, 3.63) is 0 Å². The van der Waals surface area contributed by atoms with Crippen LogP contribution in [0.15, 0.2) is 0 Å². The van der Waals surface area contributed by atoms with E-state index in [2.05, 4.69) is 12.2 Å². The summed E-state index contributed by atoms with van der Waals surface area (Å²) in [5.41, 5.74) is 0. The van der Waals surface area contributed by atoms with Gasteiger partial charge in [-0.3, -0.25) is 0 Å². The van der Waals surface area contributed by atoms with Crippen molar-refractivity contribution < 1.29 is 0 Å². The van der Waals surface area contributed by atoms with E-state index >= 15 is 0 Å². The Labute approximate surface area is 52.5 Å². The zero-order valence-corrected chi connectivity index (χ0v) is 6.20. The average molecular weight is 115 g/mol. The van der Waals surface area contributed by atoms with E-state index < -0.39 is 0 Å². The monoisotopic (exact) mass is 115 g/mol. The first-order valence-corrected chi connectivity index (χ1v) is 3.43. The first-order chi connectivity index (χ1) is 3.85. The van der Waals surface area contributed by atoms with Crippen molar-refractivity contribution in [2.24, 2.45) is 5.92 Å². The molecule has 0 unspecified atom stereocenters. The first-order valence-electron chi connectivity index (χ1n) is 3.43. The van der Waals surface area contributed by atoms with E-state index in [-0.39, 0.29) is 0 Å².